The second-order valence-electron chi connectivity index (χ2n) is 3.27. The first-order chi connectivity index (χ1) is 5.93. The molecule has 1 aliphatic rings. The molecule has 0 bridgehead atoms. The molecule has 1 aliphatic heterocycles. The molecule has 1 fully saturated rings. The van der Waals surface area contributed by atoms with Crippen molar-refractivity contribution in [3.63, 3.8) is 0 Å². The summed E-state index contributed by atoms with van der Waals surface area (Å²) in [5, 5.41) is 3.60. The minimum absolute atomic E-state index is 0.802. The van der Waals surface area contributed by atoms with E-state index < -0.39 is 0 Å². The molecule has 12 heavy (non-hydrogen) atoms. The van der Waals surface area contributed by atoms with Crippen molar-refractivity contribution < 1.29 is 0 Å². The molecule has 0 spiro atoms. The normalized spacial score (nSPS) is 19.3. The SMILES string of the molecule is C=CCCCNC1CCSCC1. The standard InChI is InChI=1S/C10H19NS/c1-2-3-4-7-11-10-5-8-12-9-6-10/h2,10-11H,1,3-9H2. The molecule has 2 heteroatoms. The summed E-state index contributed by atoms with van der Waals surface area (Å²) in [5.41, 5.74) is 0. The molecule has 0 aliphatic carbocycles. The Morgan fingerprint density at radius 3 is 2.83 bits per heavy atom. The van der Waals surface area contributed by atoms with Gasteiger partial charge in [-0.2, -0.15) is 11.8 Å². The summed E-state index contributed by atoms with van der Waals surface area (Å²) in [7, 11) is 0. The van der Waals surface area contributed by atoms with Gasteiger partial charge in [-0.3, -0.25) is 0 Å². The van der Waals surface area contributed by atoms with E-state index in [0.29, 0.717) is 0 Å². The first-order valence-electron chi connectivity index (χ1n) is 4.85. The van der Waals surface area contributed by atoms with Crippen LogP contribution in [0, 0.1) is 0 Å². The van der Waals surface area contributed by atoms with Gasteiger partial charge in [0.15, 0.2) is 0 Å². The molecule has 0 amide bonds. The van der Waals surface area contributed by atoms with Crippen LogP contribution in [0.25, 0.3) is 0 Å². The fourth-order valence-electron chi connectivity index (χ4n) is 1.45. The third-order valence-corrected chi connectivity index (χ3v) is 3.29. The average Bonchev–Trinajstić information content (AvgIpc) is 2.14. The van der Waals surface area contributed by atoms with Crippen LogP contribution >= 0.6 is 11.8 Å². The topological polar surface area (TPSA) is 12.0 Å². The largest absolute Gasteiger partial charge is 0.314 e. The number of hydrogen-bond donors (Lipinski definition) is 1. The quantitative estimate of drug-likeness (QED) is 0.521. The molecule has 0 unspecified atom stereocenters. The van der Waals surface area contributed by atoms with Crippen molar-refractivity contribution >= 4 is 11.8 Å². The van der Waals surface area contributed by atoms with E-state index in [0.717, 1.165) is 12.5 Å². The van der Waals surface area contributed by atoms with Crippen molar-refractivity contribution in [3.05, 3.63) is 12.7 Å². The van der Waals surface area contributed by atoms with E-state index in [1.165, 1.54) is 37.3 Å². The van der Waals surface area contributed by atoms with Crippen LogP contribution in [0.1, 0.15) is 25.7 Å². The minimum Gasteiger partial charge on any atom is -0.314 e. The molecule has 1 N–H and O–H groups in total. The number of nitrogens with one attached hydrogen (secondary N) is 1. The van der Waals surface area contributed by atoms with Gasteiger partial charge in [0, 0.05) is 6.04 Å². The zero-order valence-corrected chi connectivity index (χ0v) is 8.54. The molecule has 0 atom stereocenters. The molecule has 0 aromatic heterocycles. The van der Waals surface area contributed by atoms with E-state index in [1.54, 1.807) is 0 Å². The van der Waals surface area contributed by atoms with Gasteiger partial charge in [-0.05, 0) is 43.7 Å². The highest BCUT2D eigenvalue weighted by Crippen LogP contribution is 2.16. The molecule has 0 aromatic carbocycles. The highest BCUT2D eigenvalue weighted by Gasteiger charge is 2.11. The fourth-order valence-corrected chi connectivity index (χ4v) is 2.56. The van der Waals surface area contributed by atoms with Crippen LogP contribution in [0.5, 0.6) is 0 Å². The Morgan fingerprint density at radius 1 is 1.42 bits per heavy atom. The van der Waals surface area contributed by atoms with Crippen LogP contribution in [-0.2, 0) is 0 Å². The predicted molar refractivity (Wildman–Crippen MR) is 57.8 cm³/mol. The Balaban J connectivity index is 1.94. The van der Waals surface area contributed by atoms with E-state index in [9.17, 15) is 0 Å². The van der Waals surface area contributed by atoms with Crippen LogP contribution < -0.4 is 5.32 Å². The van der Waals surface area contributed by atoms with Crippen LogP contribution in [0.3, 0.4) is 0 Å². The zero-order valence-electron chi connectivity index (χ0n) is 7.72. The van der Waals surface area contributed by atoms with Gasteiger partial charge in [0.25, 0.3) is 0 Å². The molecule has 0 radical (unpaired) electrons. The van der Waals surface area contributed by atoms with Crippen LogP contribution in [0.4, 0.5) is 0 Å². The Labute approximate surface area is 80.0 Å². The Kier molecular flexibility index (Phi) is 5.53. The Morgan fingerprint density at radius 2 is 2.17 bits per heavy atom. The van der Waals surface area contributed by atoms with Crippen LogP contribution in [0.2, 0.25) is 0 Å². The Hall–Kier alpha value is 0.0500. The van der Waals surface area contributed by atoms with E-state index in [2.05, 4.69) is 23.7 Å². The van der Waals surface area contributed by atoms with Crippen LogP contribution in [0.15, 0.2) is 12.7 Å². The summed E-state index contributed by atoms with van der Waals surface area (Å²) < 4.78 is 0. The predicted octanol–water partition coefficient (Wildman–Crippen LogP) is 2.44. The third-order valence-electron chi connectivity index (χ3n) is 2.24. The van der Waals surface area contributed by atoms with Gasteiger partial charge in [-0.25, -0.2) is 0 Å². The zero-order chi connectivity index (χ0) is 8.65. The first kappa shape index (κ1) is 10.1. The molecule has 1 rings (SSSR count). The smallest absolute Gasteiger partial charge is 0.00827 e. The summed E-state index contributed by atoms with van der Waals surface area (Å²) in [6.45, 7) is 4.88. The first-order valence-corrected chi connectivity index (χ1v) is 6.01. The summed E-state index contributed by atoms with van der Waals surface area (Å²) in [6, 6.07) is 0.802. The van der Waals surface area contributed by atoms with Crippen molar-refractivity contribution in [3.8, 4) is 0 Å². The van der Waals surface area contributed by atoms with Gasteiger partial charge >= 0.3 is 0 Å². The van der Waals surface area contributed by atoms with Crippen molar-refractivity contribution in [1.29, 1.82) is 0 Å². The van der Waals surface area contributed by atoms with Gasteiger partial charge in [-0.15, -0.1) is 6.58 Å². The monoisotopic (exact) mass is 185 g/mol. The van der Waals surface area contributed by atoms with Crippen molar-refractivity contribution in [2.45, 2.75) is 31.7 Å². The van der Waals surface area contributed by atoms with E-state index in [-0.39, 0.29) is 0 Å². The molecular weight excluding hydrogens is 166 g/mol. The number of allylic oxidation sites excluding steroid dienone is 1. The summed E-state index contributed by atoms with van der Waals surface area (Å²) in [6.07, 6.45) is 7.11. The van der Waals surface area contributed by atoms with Crippen molar-refractivity contribution in [2.75, 3.05) is 18.1 Å². The molecule has 1 heterocycles. The maximum Gasteiger partial charge on any atom is 0.00827 e. The maximum absolute atomic E-state index is 3.71. The van der Waals surface area contributed by atoms with Gasteiger partial charge in [0.05, 0.1) is 0 Å². The van der Waals surface area contributed by atoms with Crippen LogP contribution in [-0.4, -0.2) is 24.1 Å². The lowest BCUT2D eigenvalue weighted by Crippen LogP contribution is -2.33. The van der Waals surface area contributed by atoms with E-state index in [4.69, 9.17) is 0 Å². The second kappa shape index (κ2) is 6.55. The fraction of sp³-hybridized carbons (Fsp3) is 0.800. The van der Waals surface area contributed by atoms with Gasteiger partial charge in [0.1, 0.15) is 0 Å². The number of rotatable bonds is 5. The van der Waals surface area contributed by atoms with E-state index in [1.807, 2.05) is 6.08 Å². The number of hydrogen-bond acceptors (Lipinski definition) is 2. The molecule has 0 saturated carbocycles. The van der Waals surface area contributed by atoms with Gasteiger partial charge in [0.2, 0.25) is 0 Å². The summed E-state index contributed by atoms with van der Waals surface area (Å²) in [5.74, 6) is 2.69. The number of thioether (sulfide) groups is 1. The minimum atomic E-state index is 0.802. The summed E-state index contributed by atoms with van der Waals surface area (Å²) in [4.78, 5) is 0. The lowest BCUT2D eigenvalue weighted by molar-refractivity contribution is 0.478. The maximum atomic E-state index is 3.71. The molecule has 1 saturated heterocycles. The van der Waals surface area contributed by atoms with Crippen molar-refractivity contribution in [1.82, 2.24) is 5.32 Å². The third kappa shape index (κ3) is 4.17. The van der Waals surface area contributed by atoms with Crippen molar-refractivity contribution in [2.24, 2.45) is 0 Å². The Bertz CT molecular complexity index is 119. The molecule has 70 valence electrons. The van der Waals surface area contributed by atoms with Gasteiger partial charge in [-0.1, -0.05) is 6.08 Å². The highest BCUT2D eigenvalue weighted by atomic mass is 32.2. The van der Waals surface area contributed by atoms with E-state index >= 15 is 0 Å². The second-order valence-corrected chi connectivity index (χ2v) is 4.50. The molecule has 0 aromatic rings. The highest BCUT2D eigenvalue weighted by molar-refractivity contribution is 7.99. The number of unbranched alkanes of at least 4 members (excludes halogenated alkanes) is 1. The van der Waals surface area contributed by atoms with Gasteiger partial charge < -0.3 is 5.32 Å². The molecule has 1 nitrogen and oxygen atoms in total. The lowest BCUT2D eigenvalue weighted by atomic mass is 10.1. The molecular formula is C10H19NS. The average molecular weight is 185 g/mol. The summed E-state index contributed by atoms with van der Waals surface area (Å²) >= 11 is 2.09. The lowest BCUT2D eigenvalue weighted by Gasteiger charge is -2.22.